The van der Waals surface area contributed by atoms with Crippen molar-refractivity contribution in [1.82, 2.24) is 0 Å². The number of aliphatic hydroxyl groups is 1. The summed E-state index contributed by atoms with van der Waals surface area (Å²) in [5.74, 6) is -0.675. The number of ether oxygens (including phenoxy) is 2. The third-order valence-electron chi connectivity index (χ3n) is 9.32. The molecule has 0 aliphatic heterocycles. The maximum absolute atomic E-state index is 12.2. The third kappa shape index (κ3) is 48.2. The maximum atomic E-state index is 12.2. The predicted molar refractivity (Wildman–Crippen MR) is 269 cm³/mol. The lowest BCUT2D eigenvalue weighted by atomic mass is 10.1. The lowest BCUT2D eigenvalue weighted by molar-refractivity contribution is -0.161. The summed E-state index contributed by atoms with van der Waals surface area (Å²) in [5.41, 5.74) is 0. The van der Waals surface area contributed by atoms with Gasteiger partial charge in [-0.15, -0.1) is 0 Å². The molecule has 0 bridgehead atoms. The summed E-state index contributed by atoms with van der Waals surface area (Å²) >= 11 is 0. The van der Waals surface area contributed by atoms with Gasteiger partial charge in [-0.25, -0.2) is 0 Å². The van der Waals surface area contributed by atoms with Gasteiger partial charge >= 0.3 is 11.9 Å². The quantitative estimate of drug-likeness (QED) is 0.0377. The van der Waals surface area contributed by atoms with Gasteiger partial charge in [0, 0.05) is 12.8 Å². The first-order valence-corrected chi connectivity index (χ1v) is 24.0. The molecule has 0 aromatic rings. The number of carbonyl (C=O) groups excluding carboxylic acids is 2. The zero-order valence-electron chi connectivity index (χ0n) is 39.1. The lowest BCUT2D eigenvalue weighted by Crippen LogP contribution is -2.28. The minimum atomic E-state index is -0.815. The molecular formula is C57H86O5. The molecule has 5 nitrogen and oxygen atoms in total. The monoisotopic (exact) mass is 851 g/mol. The van der Waals surface area contributed by atoms with E-state index in [2.05, 4.69) is 172 Å². The van der Waals surface area contributed by atoms with Crippen LogP contribution in [0.4, 0.5) is 0 Å². The van der Waals surface area contributed by atoms with Crippen molar-refractivity contribution in [3.63, 3.8) is 0 Å². The number of carbonyl (C=O) groups is 2. The Morgan fingerprint density at radius 1 is 0.371 bits per heavy atom. The van der Waals surface area contributed by atoms with Gasteiger partial charge in [0.2, 0.25) is 0 Å². The first kappa shape index (κ1) is 57.5. The number of aliphatic hydroxyl groups excluding tert-OH is 1. The molecule has 344 valence electrons. The first-order valence-electron chi connectivity index (χ1n) is 24.0. The van der Waals surface area contributed by atoms with E-state index in [-0.39, 0.29) is 25.2 Å². The largest absolute Gasteiger partial charge is 0.462 e. The molecular weight excluding hydrogens is 765 g/mol. The average Bonchev–Trinajstić information content (AvgIpc) is 3.28. The summed E-state index contributed by atoms with van der Waals surface area (Å²) < 4.78 is 10.6. The molecule has 0 amide bonds. The van der Waals surface area contributed by atoms with E-state index in [4.69, 9.17) is 9.47 Å². The van der Waals surface area contributed by atoms with Crippen LogP contribution in [-0.2, 0) is 19.1 Å². The van der Waals surface area contributed by atoms with Crippen molar-refractivity contribution < 1.29 is 24.2 Å². The number of esters is 2. The normalized spacial score (nSPS) is 13.7. The van der Waals surface area contributed by atoms with Crippen LogP contribution in [0.1, 0.15) is 168 Å². The lowest BCUT2D eigenvalue weighted by Gasteiger charge is -2.15. The zero-order chi connectivity index (χ0) is 44.9. The van der Waals surface area contributed by atoms with Crippen LogP contribution in [0, 0.1) is 0 Å². The molecule has 62 heavy (non-hydrogen) atoms. The average molecular weight is 851 g/mol. The van der Waals surface area contributed by atoms with Crippen molar-refractivity contribution in [1.29, 1.82) is 0 Å². The Morgan fingerprint density at radius 2 is 0.645 bits per heavy atom. The Balaban J connectivity index is 3.74. The van der Waals surface area contributed by atoms with Crippen LogP contribution in [0.5, 0.6) is 0 Å². The molecule has 0 aliphatic rings. The molecule has 0 aromatic heterocycles. The van der Waals surface area contributed by atoms with Gasteiger partial charge in [-0.05, 0) is 122 Å². The summed E-state index contributed by atoms with van der Waals surface area (Å²) in [6.07, 6.45) is 78.9. The Kier molecular flexibility index (Phi) is 47.2. The van der Waals surface area contributed by atoms with Crippen LogP contribution in [0.25, 0.3) is 0 Å². The number of allylic oxidation sites excluding steroid dienone is 26. The van der Waals surface area contributed by atoms with Gasteiger partial charge in [-0.3, -0.25) is 9.59 Å². The minimum absolute atomic E-state index is 0.106. The van der Waals surface area contributed by atoms with Crippen molar-refractivity contribution in [2.24, 2.45) is 0 Å². The molecule has 0 radical (unpaired) electrons. The Labute approximate surface area is 380 Å². The van der Waals surface area contributed by atoms with Gasteiger partial charge in [0.25, 0.3) is 0 Å². The van der Waals surface area contributed by atoms with Crippen molar-refractivity contribution in [3.8, 4) is 0 Å². The van der Waals surface area contributed by atoms with Gasteiger partial charge in [0.05, 0.1) is 6.61 Å². The fourth-order valence-corrected chi connectivity index (χ4v) is 5.77. The van der Waals surface area contributed by atoms with Crippen LogP contribution >= 0.6 is 0 Å². The van der Waals surface area contributed by atoms with Gasteiger partial charge in [0.15, 0.2) is 6.10 Å². The van der Waals surface area contributed by atoms with E-state index in [0.29, 0.717) is 12.8 Å². The van der Waals surface area contributed by atoms with E-state index in [1.807, 2.05) is 0 Å². The van der Waals surface area contributed by atoms with Gasteiger partial charge in [0.1, 0.15) is 6.61 Å². The SMILES string of the molecule is CC/C=C\C/C=C\C/C=C\C/C=C\C/C=C\C/C=C\C/C=C\CCCCCC(=O)OC(CO)COC(=O)CCCCCC/C=C\C/C=C\C/C=C\C/C=C\C/C=C\C/C=C\CC. The summed E-state index contributed by atoms with van der Waals surface area (Å²) in [7, 11) is 0. The van der Waals surface area contributed by atoms with Gasteiger partial charge in [-0.1, -0.05) is 191 Å². The van der Waals surface area contributed by atoms with E-state index in [9.17, 15) is 14.7 Å². The third-order valence-corrected chi connectivity index (χ3v) is 9.32. The molecule has 1 N–H and O–H groups in total. The first-order chi connectivity index (χ1) is 30.6. The molecule has 5 heteroatoms. The molecule has 0 aliphatic carbocycles. The highest BCUT2D eigenvalue weighted by Gasteiger charge is 2.16. The molecule has 0 heterocycles. The Morgan fingerprint density at radius 3 is 0.968 bits per heavy atom. The van der Waals surface area contributed by atoms with Gasteiger partial charge < -0.3 is 14.6 Å². The van der Waals surface area contributed by atoms with Crippen LogP contribution < -0.4 is 0 Å². The molecule has 0 aromatic carbocycles. The van der Waals surface area contributed by atoms with Gasteiger partial charge in [-0.2, -0.15) is 0 Å². The van der Waals surface area contributed by atoms with Crippen molar-refractivity contribution in [2.45, 2.75) is 174 Å². The smallest absolute Gasteiger partial charge is 0.306 e. The highest BCUT2D eigenvalue weighted by molar-refractivity contribution is 5.70. The molecule has 0 fully saturated rings. The van der Waals surface area contributed by atoms with Crippen LogP contribution in [0.15, 0.2) is 158 Å². The number of rotatable bonds is 41. The summed E-state index contributed by atoms with van der Waals surface area (Å²) in [4.78, 5) is 24.4. The van der Waals surface area contributed by atoms with E-state index >= 15 is 0 Å². The standard InChI is InChI=1S/C57H86O5/c1-3-5-7-9-11-13-15-17-19-21-23-25-27-28-30-32-34-36-38-40-42-44-46-48-50-52-57(60)62-55(53-58)54-61-56(59)51-49-47-45-43-41-39-37-35-33-31-29-26-24-22-20-18-16-14-12-10-8-6-4-2/h5-8,11-14,17-20,23-26,28,30-31,33-34,36-37,39-40,42,55,58H,3-4,9-10,15-16,21-22,27,29,32,35,38,41,43-54H2,1-2H3/b7-5-,8-6-,13-11-,14-12-,19-17-,20-18-,25-23-,26-24-,30-28-,33-31-,36-34-,39-37-,42-40-. The topological polar surface area (TPSA) is 72.8 Å². The fraction of sp³-hybridized carbons (Fsp3) is 0.509. The summed E-state index contributed by atoms with van der Waals surface area (Å²) in [6.45, 7) is 3.84. The van der Waals surface area contributed by atoms with Crippen LogP contribution in [0.3, 0.4) is 0 Å². The Hall–Kier alpha value is -4.48. The summed E-state index contributed by atoms with van der Waals surface area (Å²) in [6, 6.07) is 0. The van der Waals surface area contributed by atoms with Crippen molar-refractivity contribution in [3.05, 3.63) is 158 Å². The second-order valence-corrected chi connectivity index (χ2v) is 15.1. The van der Waals surface area contributed by atoms with Crippen molar-refractivity contribution >= 4 is 11.9 Å². The molecule has 1 unspecified atom stereocenters. The minimum Gasteiger partial charge on any atom is -0.462 e. The highest BCUT2D eigenvalue weighted by Crippen LogP contribution is 2.10. The van der Waals surface area contributed by atoms with E-state index in [1.54, 1.807) is 0 Å². The van der Waals surface area contributed by atoms with Crippen molar-refractivity contribution in [2.75, 3.05) is 13.2 Å². The van der Waals surface area contributed by atoms with Crippen LogP contribution in [-0.4, -0.2) is 36.4 Å². The molecule has 1 atom stereocenters. The number of unbranched alkanes of at least 4 members (excludes halogenated alkanes) is 7. The molecule has 0 saturated heterocycles. The number of hydrogen-bond acceptors (Lipinski definition) is 5. The zero-order valence-corrected chi connectivity index (χ0v) is 39.1. The second-order valence-electron chi connectivity index (χ2n) is 15.1. The number of hydrogen-bond donors (Lipinski definition) is 1. The Bertz CT molecular complexity index is 1420. The van der Waals surface area contributed by atoms with E-state index in [0.717, 1.165) is 141 Å². The molecule has 0 spiro atoms. The maximum Gasteiger partial charge on any atom is 0.306 e. The highest BCUT2D eigenvalue weighted by atomic mass is 16.6. The van der Waals surface area contributed by atoms with E-state index < -0.39 is 6.10 Å². The second kappa shape index (κ2) is 50.9. The fourth-order valence-electron chi connectivity index (χ4n) is 5.77. The molecule has 0 saturated carbocycles. The predicted octanol–water partition coefficient (Wildman–Crippen LogP) is 16.1. The van der Waals surface area contributed by atoms with Crippen LogP contribution in [0.2, 0.25) is 0 Å². The molecule has 0 rings (SSSR count). The summed E-state index contributed by atoms with van der Waals surface area (Å²) in [5, 5.41) is 9.61. The van der Waals surface area contributed by atoms with E-state index in [1.165, 1.54) is 0 Å².